The van der Waals surface area contributed by atoms with Crippen LogP contribution in [0.25, 0.3) is 0 Å². The normalized spacial score (nSPS) is 12.4. The summed E-state index contributed by atoms with van der Waals surface area (Å²) in [7, 11) is 0. The van der Waals surface area contributed by atoms with Crippen molar-refractivity contribution in [3.63, 3.8) is 0 Å². The second kappa shape index (κ2) is 5.89. The van der Waals surface area contributed by atoms with Crippen LogP contribution in [0.15, 0.2) is 30.5 Å². The first kappa shape index (κ1) is 14.3. The predicted octanol–water partition coefficient (Wildman–Crippen LogP) is 1.83. The fraction of sp³-hybridized carbons (Fsp3) is 0.154. The molecule has 20 heavy (non-hydrogen) atoms. The topological polar surface area (TPSA) is 77.0 Å². The summed E-state index contributed by atoms with van der Waals surface area (Å²) >= 11 is 0. The molecule has 0 aliphatic heterocycles. The van der Waals surface area contributed by atoms with Gasteiger partial charge in [0.25, 0.3) is 0 Å². The molecule has 4 nitrogen and oxygen atoms in total. The highest BCUT2D eigenvalue weighted by Gasteiger charge is 2.21. The van der Waals surface area contributed by atoms with Crippen LogP contribution in [-0.2, 0) is 6.42 Å². The maximum atomic E-state index is 13.7. The molecule has 0 fully saturated rings. The Morgan fingerprint density at radius 2 is 1.90 bits per heavy atom. The molecule has 2 aromatic rings. The third-order valence-electron chi connectivity index (χ3n) is 2.99. The van der Waals surface area contributed by atoms with Gasteiger partial charge < -0.3 is 5.73 Å². The minimum absolute atomic E-state index is 0.0744. The quantitative estimate of drug-likeness (QED) is 0.454. The number of anilines is 1. The molecule has 7 heteroatoms. The summed E-state index contributed by atoms with van der Waals surface area (Å²) in [6.45, 7) is 0. The molecule has 2 rings (SSSR count). The van der Waals surface area contributed by atoms with Crippen LogP contribution >= 0.6 is 0 Å². The second-order valence-electron chi connectivity index (χ2n) is 4.24. The van der Waals surface area contributed by atoms with Crippen molar-refractivity contribution in [1.82, 2.24) is 10.4 Å². The maximum absolute atomic E-state index is 13.7. The Kier molecular flexibility index (Phi) is 4.21. The highest BCUT2D eigenvalue weighted by Crippen LogP contribution is 2.25. The lowest BCUT2D eigenvalue weighted by atomic mass is 9.99. The average Bonchev–Trinajstić information content (AvgIpc) is 2.45. The van der Waals surface area contributed by atoms with Crippen LogP contribution in [0.1, 0.15) is 17.2 Å². The van der Waals surface area contributed by atoms with Gasteiger partial charge in [-0.05, 0) is 24.1 Å². The molecule has 1 heterocycles. The average molecular weight is 282 g/mol. The van der Waals surface area contributed by atoms with Gasteiger partial charge in [-0.15, -0.1) is 0 Å². The number of nitrogens with two attached hydrogens (primary N) is 2. The summed E-state index contributed by atoms with van der Waals surface area (Å²) in [6.07, 6.45) is 1.71. The lowest BCUT2D eigenvalue weighted by Crippen LogP contribution is -2.30. The van der Waals surface area contributed by atoms with E-state index in [0.717, 1.165) is 12.1 Å². The lowest BCUT2D eigenvalue weighted by Gasteiger charge is -2.18. The van der Waals surface area contributed by atoms with E-state index in [4.69, 9.17) is 11.6 Å². The fourth-order valence-corrected chi connectivity index (χ4v) is 1.91. The minimum atomic E-state index is -1.53. The largest absolute Gasteiger partial charge is 0.383 e. The molecule has 0 bridgehead atoms. The van der Waals surface area contributed by atoms with Crippen LogP contribution in [0.4, 0.5) is 19.0 Å². The number of aromatic nitrogens is 1. The first-order valence-corrected chi connectivity index (χ1v) is 5.83. The summed E-state index contributed by atoms with van der Waals surface area (Å²) in [4.78, 5) is 3.90. The highest BCUT2D eigenvalue weighted by atomic mass is 19.2. The molecule has 5 N–H and O–H groups in total. The van der Waals surface area contributed by atoms with Crippen molar-refractivity contribution in [2.75, 3.05) is 5.73 Å². The third kappa shape index (κ3) is 2.73. The summed E-state index contributed by atoms with van der Waals surface area (Å²) in [5, 5.41) is 0. The van der Waals surface area contributed by atoms with Gasteiger partial charge in [0.2, 0.25) is 0 Å². The number of nitrogens with one attached hydrogen (secondary N) is 1. The summed E-state index contributed by atoms with van der Waals surface area (Å²) < 4.78 is 39.9. The predicted molar refractivity (Wildman–Crippen MR) is 68.7 cm³/mol. The Morgan fingerprint density at radius 1 is 1.15 bits per heavy atom. The number of hydrogen-bond donors (Lipinski definition) is 3. The zero-order valence-electron chi connectivity index (χ0n) is 10.4. The van der Waals surface area contributed by atoms with Gasteiger partial charge in [-0.1, -0.05) is 12.1 Å². The van der Waals surface area contributed by atoms with E-state index >= 15 is 0 Å². The van der Waals surface area contributed by atoms with E-state index in [2.05, 4.69) is 10.4 Å². The van der Waals surface area contributed by atoms with Crippen LogP contribution in [0.5, 0.6) is 0 Å². The Balaban J connectivity index is 2.34. The zero-order chi connectivity index (χ0) is 14.7. The van der Waals surface area contributed by atoms with E-state index in [1.54, 1.807) is 12.1 Å². The van der Waals surface area contributed by atoms with Crippen molar-refractivity contribution < 1.29 is 13.2 Å². The second-order valence-corrected chi connectivity index (χ2v) is 4.24. The van der Waals surface area contributed by atoms with E-state index in [1.165, 1.54) is 6.20 Å². The molecule has 106 valence electrons. The van der Waals surface area contributed by atoms with E-state index < -0.39 is 23.5 Å². The number of rotatable bonds is 4. The SMILES string of the molecule is NNC(Cc1cccnc1N)c1ccc(F)c(F)c1F. The molecule has 0 aliphatic rings. The number of pyridine rings is 1. The molecular formula is C13H13F3N4. The lowest BCUT2D eigenvalue weighted by molar-refractivity contribution is 0.425. The summed E-state index contributed by atoms with van der Waals surface area (Å²) in [6, 6.07) is 4.61. The number of hydrazine groups is 1. The Bertz CT molecular complexity index is 619. The number of benzene rings is 1. The molecule has 1 aromatic heterocycles. The van der Waals surface area contributed by atoms with Crippen molar-refractivity contribution >= 4 is 5.82 Å². The van der Waals surface area contributed by atoms with Gasteiger partial charge in [-0.25, -0.2) is 18.2 Å². The van der Waals surface area contributed by atoms with Crippen molar-refractivity contribution in [1.29, 1.82) is 0 Å². The van der Waals surface area contributed by atoms with Gasteiger partial charge in [0, 0.05) is 11.8 Å². The molecule has 1 atom stereocenters. The standard InChI is InChI=1S/C13H13F3N4/c14-9-4-3-8(11(15)12(9)16)10(20-18)6-7-2-1-5-19-13(7)17/h1-5,10,20H,6,18H2,(H2,17,19). The van der Waals surface area contributed by atoms with Crippen molar-refractivity contribution in [2.45, 2.75) is 12.5 Å². The molecule has 0 amide bonds. The molecule has 1 unspecified atom stereocenters. The zero-order valence-corrected chi connectivity index (χ0v) is 10.4. The minimum Gasteiger partial charge on any atom is -0.383 e. The summed E-state index contributed by atoms with van der Waals surface area (Å²) in [5.41, 5.74) is 8.61. The number of hydrogen-bond acceptors (Lipinski definition) is 4. The number of halogens is 3. The van der Waals surface area contributed by atoms with Crippen LogP contribution in [0.3, 0.4) is 0 Å². The van der Waals surface area contributed by atoms with Gasteiger partial charge >= 0.3 is 0 Å². The van der Waals surface area contributed by atoms with Gasteiger partial charge in [0.1, 0.15) is 5.82 Å². The Morgan fingerprint density at radius 3 is 2.55 bits per heavy atom. The monoisotopic (exact) mass is 282 g/mol. The summed E-state index contributed by atoms with van der Waals surface area (Å²) in [5.74, 6) is 1.60. The fourth-order valence-electron chi connectivity index (χ4n) is 1.91. The van der Waals surface area contributed by atoms with Crippen LogP contribution in [0, 0.1) is 17.5 Å². The number of nitrogens with zero attached hydrogens (tertiary/aromatic N) is 1. The van der Waals surface area contributed by atoms with Crippen LogP contribution in [0.2, 0.25) is 0 Å². The Hall–Kier alpha value is -2.12. The first-order valence-electron chi connectivity index (χ1n) is 5.83. The van der Waals surface area contributed by atoms with E-state index in [0.29, 0.717) is 5.56 Å². The molecule has 0 saturated heterocycles. The van der Waals surface area contributed by atoms with Gasteiger partial charge in [0.05, 0.1) is 6.04 Å². The van der Waals surface area contributed by atoms with Crippen molar-refractivity contribution in [3.8, 4) is 0 Å². The molecule has 0 radical (unpaired) electrons. The molecule has 0 spiro atoms. The van der Waals surface area contributed by atoms with Crippen molar-refractivity contribution in [2.24, 2.45) is 5.84 Å². The smallest absolute Gasteiger partial charge is 0.194 e. The van der Waals surface area contributed by atoms with Crippen LogP contribution in [-0.4, -0.2) is 4.98 Å². The Labute approximate surface area is 113 Å². The van der Waals surface area contributed by atoms with Gasteiger partial charge in [-0.3, -0.25) is 11.3 Å². The highest BCUT2D eigenvalue weighted by molar-refractivity contribution is 5.40. The van der Waals surface area contributed by atoms with E-state index in [1.807, 2.05) is 0 Å². The van der Waals surface area contributed by atoms with E-state index in [9.17, 15) is 13.2 Å². The molecular weight excluding hydrogens is 269 g/mol. The maximum Gasteiger partial charge on any atom is 0.194 e. The van der Waals surface area contributed by atoms with Crippen molar-refractivity contribution in [3.05, 3.63) is 59.0 Å². The van der Waals surface area contributed by atoms with E-state index in [-0.39, 0.29) is 17.8 Å². The third-order valence-corrected chi connectivity index (χ3v) is 2.99. The first-order chi connectivity index (χ1) is 9.54. The number of nitrogen functional groups attached to an aromatic ring is 1. The molecule has 0 aliphatic carbocycles. The van der Waals surface area contributed by atoms with Crippen LogP contribution < -0.4 is 17.0 Å². The molecule has 0 saturated carbocycles. The van der Waals surface area contributed by atoms with Gasteiger partial charge in [-0.2, -0.15) is 0 Å². The molecule has 1 aromatic carbocycles. The van der Waals surface area contributed by atoms with Gasteiger partial charge in [0.15, 0.2) is 17.5 Å².